The third-order valence-corrected chi connectivity index (χ3v) is 2.55. The smallest absolute Gasteiger partial charge is 0.0946 e. The van der Waals surface area contributed by atoms with Crippen LogP contribution in [0.15, 0.2) is 43.0 Å². The lowest BCUT2D eigenvalue weighted by Gasteiger charge is -2.14. The molecule has 0 aliphatic carbocycles. The minimum absolute atomic E-state index is 0.0281. The predicted molar refractivity (Wildman–Crippen MR) is 60.3 cm³/mol. The molecule has 0 spiro atoms. The number of rotatable bonds is 3. The van der Waals surface area contributed by atoms with Crippen LogP contribution in [-0.2, 0) is 6.54 Å². The Balaban J connectivity index is 2.15. The standard InChI is InChI=1S/C12H15N3/c1-10-4-2-3-5-11(10)12(13)8-15-7-6-14-9-15/h2-7,9,12H,8,13H2,1H3/t12-/m0/s1. The maximum atomic E-state index is 6.14. The molecule has 3 nitrogen and oxygen atoms in total. The second-order valence-corrected chi connectivity index (χ2v) is 3.72. The summed E-state index contributed by atoms with van der Waals surface area (Å²) in [6.07, 6.45) is 5.49. The molecule has 0 aliphatic rings. The maximum absolute atomic E-state index is 6.14. The average Bonchev–Trinajstić information content (AvgIpc) is 2.71. The van der Waals surface area contributed by atoms with Gasteiger partial charge in [-0.3, -0.25) is 0 Å². The van der Waals surface area contributed by atoms with E-state index in [0.717, 1.165) is 6.54 Å². The number of aromatic nitrogens is 2. The molecule has 78 valence electrons. The number of hydrogen-bond donors (Lipinski definition) is 1. The van der Waals surface area contributed by atoms with Crippen molar-refractivity contribution in [1.29, 1.82) is 0 Å². The third kappa shape index (κ3) is 2.25. The van der Waals surface area contributed by atoms with Gasteiger partial charge in [-0.2, -0.15) is 0 Å². The summed E-state index contributed by atoms with van der Waals surface area (Å²) in [6.45, 7) is 2.86. The van der Waals surface area contributed by atoms with Crippen molar-refractivity contribution in [2.24, 2.45) is 5.73 Å². The Morgan fingerprint density at radius 2 is 2.20 bits per heavy atom. The van der Waals surface area contributed by atoms with Crippen molar-refractivity contribution in [3.63, 3.8) is 0 Å². The molecule has 0 bridgehead atoms. The van der Waals surface area contributed by atoms with E-state index in [4.69, 9.17) is 5.73 Å². The van der Waals surface area contributed by atoms with Crippen molar-refractivity contribution in [2.45, 2.75) is 19.5 Å². The predicted octanol–water partition coefficient (Wildman–Crippen LogP) is 1.89. The molecule has 2 rings (SSSR count). The highest BCUT2D eigenvalue weighted by atomic mass is 15.0. The van der Waals surface area contributed by atoms with Gasteiger partial charge in [-0.05, 0) is 18.1 Å². The van der Waals surface area contributed by atoms with Gasteiger partial charge in [0.2, 0.25) is 0 Å². The molecule has 1 atom stereocenters. The van der Waals surface area contributed by atoms with Crippen molar-refractivity contribution in [1.82, 2.24) is 9.55 Å². The Morgan fingerprint density at radius 3 is 2.87 bits per heavy atom. The number of imidazole rings is 1. The van der Waals surface area contributed by atoms with E-state index in [-0.39, 0.29) is 6.04 Å². The number of nitrogens with two attached hydrogens (primary N) is 1. The van der Waals surface area contributed by atoms with Crippen LogP contribution in [0.5, 0.6) is 0 Å². The van der Waals surface area contributed by atoms with E-state index >= 15 is 0 Å². The van der Waals surface area contributed by atoms with Crippen molar-refractivity contribution >= 4 is 0 Å². The van der Waals surface area contributed by atoms with Crippen molar-refractivity contribution < 1.29 is 0 Å². The quantitative estimate of drug-likeness (QED) is 0.824. The van der Waals surface area contributed by atoms with Crippen LogP contribution in [0, 0.1) is 6.92 Å². The lowest BCUT2D eigenvalue weighted by atomic mass is 10.0. The molecule has 0 aliphatic heterocycles. The molecule has 0 saturated carbocycles. The molecule has 0 saturated heterocycles. The lowest BCUT2D eigenvalue weighted by molar-refractivity contribution is 0.574. The van der Waals surface area contributed by atoms with Gasteiger partial charge < -0.3 is 10.3 Å². The summed E-state index contributed by atoms with van der Waals surface area (Å²) >= 11 is 0. The van der Waals surface area contributed by atoms with Gasteiger partial charge in [0.25, 0.3) is 0 Å². The first-order valence-electron chi connectivity index (χ1n) is 5.04. The summed E-state index contributed by atoms with van der Waals surface area (Å²) in [5, 5.41) is 0. The number of benzene rings is 1. The van der Waals surface area contributed by atoms with Gasteiger partial charge in [0.1, 0.15) is 0 Å². The normalized spacial score (nSPS) is 12.7. The Morgan fingerprint density at radius 1 is 1.40 bits per heavy atom. The third-order valence-electron chi connectivity index (χ3n) is 2.55. The largest absolute Gasteiger partial charge is 0.336 e. The highest BCUT2D eigenvalue weighted by molar-refractivity contribution is 5.28. The van der Waals surface area contributed by atoms with Gasteiger partial charge in [0.05, 0.1) is 6.33 Å². The zero-order chi connectivity index (χ0) is 10.7. The molecule has 0 amide bonds. The average molecular weight is 201 g/mol. The van der Waals surface area contributed by atoms with Gasteiger partial charge in [0, 0.05) is 25.0 Å². The maximum Gasteiger partial charge on any atom is 0.0946 e. The first-order chi connectivity index (χ1) is 7.27. The molecule has 15 heavy (non-hydrogen) atoms. The number of hydrogen-bond acceptors (Lipinski definition) is 2. The zero-order valence-electron chi connectivity index (χ0n) is 8.80. The number of aryl methyl sites for hydroxylation is 1. The Kier molecular flexibility index (Phi) is 2.83. The van der Waals surface area contributed by atoms with Gasteiger partial charge in [0.15, 0.2) is 0 Å². The number of nitrogens with zero attached hydrogens (tertiary/aromatic N) is 2. The highest BCUT2D eigenvalue weighted by Gasteiger charge is 2.08. The molecule has 3 heteroatoms. The van der Waals surface area contributed by atoms with Crippen molar-refractivity contribution in [3.05, 3.63) is 54.1 Å². The van der Waals surface area contributed by atoms with Crippen LogP contribution in [0.3, 0.4) is 0 Å². The molecular formula is C12H15N3. The molecule has 2 N–H and O–H groups in total. The Labute approximate surface area is 89.6 Å². The minimum Gasteiger partial charge on any atom is -0.336 e. The van der Waals surface area contributed by atoms with E-state index in [1.807, 2.05) is 22.9 Å². The van der Waals surface area contributed by atoms with Crippen LogP contribution in [0.2, 0.25) is 0 Å². The van der Waals surface area contributed by atoms with Crippen LogP contribution in [0.25, 0.3) is 0 Å². The summed E-state index contributed by atoms with van der Waals surface area (Å²) in [5.74, 6) is 0. The molecular weight excluding hydrogens is 186 g/mol. The van der Waals surface area contributed by atoms with E-state index in [1.165, 1.54) is 11.1 Å². The van der Waals surface area contributed by atoms with Gasteiger partial charge in [-0.15, -0.1) is 0 Å². The molecule has 1 aromatic heterocycles. The zero-order valence-corrected chi connectivity index (χ0v) is 8.80. The summed E-state index contributed by atoms with van der Waals surface area (Å²) in [5.41, 5.74) is 8.58. The lowest BCUT2D eigenvalue weighted by Crippen LogP contribution is -2.17. The summed E-state index contributed by atoms with van der Waals surface area (Å²) in [4.78, 5) is 4.00. The fourth-order valence-corrected chi connectivity index (χ4v) is 1.72. The van der Waals surface area contributed by atoms with E-state index in [1.54, 1.807) is 12.5 Å². The Hall–Kier alpha value is -1.61. The van der Waals surface area contributed by atoms with Crippen molar-refractivity contribution in [3.8, 4) is 0 Å². The van der Waals surface area contributed by atoms with E-state index in [0.29, 0.717) is 0 Å². The fraction of sp³-hybridized carbons (Fsp3) is 0.250. The summed E-state index contributed by atoms with van der Waals surface area (Å²) in [6, 6.07) is 8.25. The van der Waals surface area contributed by atoms with E-state index in [2.05, 4.69) is 24.0 Å². The molecule has 0 unspecified atom stereocenters. The molecule has 0 fully saturated rings. The second kappa shape index (κ2) is 4.28. The molecule has 0 radical (unpaired) electrons. The van der Waals surface area contributed by atoms with Gasteiger partial charge in [-0.1, -0.05) is 24.3 Å². The van der Waals surface area contributed by atoms with E-state index < -0.39 is 0 Å². The molecule has 2 aromatic rings. The first kappa shape index (κ1) is 9.93. The van der Waals surface area contributed by atoms with Gasteiger partial charge >= 0.3 is 0 Å². The fourth-order valence-electron chi connectivity index (χ4n) is 1.72. The summed E-state index contributed by atoms with van der Waals surface area (Å²) < 4.78 is 2.00. The van der Waals surface area contributed by atoms with Crippen LogP contribution in [-0.4, -0.2) is 9.55 Å². The van der Waals surface area contributed by atoms with E-state index in [9.17, 15) is 0 Å². The second-order valence-electron chi connectivity index (χ2n) is 3.72. The minimum atomic E-state index is 0.0281. The highest BCUT2D eigenvalue weighted by Crippen LogP contribution is 2.16. The van der Waals surface area contributed by atoms with Crippen molar-refractivity contribution in [2.75, 3.05) is 0 Å². The summed E-state index contributed by atoms with van der Waals surface area (Å²) in [7, 11) is 0. The monoisotopic (exact) mass is 201 g/mol. The first-order valence-corrected chi connectivity index (χ1v) is 5.04. The van der Waals surface area contributed by atoms with Gasteiger partial charge in [-0.25, -0.2) is 4.98 Å². The molecule has 1 aromatic carbocycles. The van der Waals surface area contributed by atoms with Crippen LogP contribution >= 0.6 is 0 Å². The SMILES string of the molecule is Cc1ccccc1[C@@H](N)Cn1ccnc1. The van der Waals surface area contributed by atoms with Crippen LogP contribution in [0.4, 0.5) is 0 Å². The topological polar surface area (TPSA) is 43.8 Å². The van der Waals surface area contributed by atoms with Crippen LogP contribution in [0.1, 0.15) is 17.2 Å². The van der Waals surface area contributed by atoms with Crippen LogP contribution < -0.4 is 5.73 Å². The molecule has 1 heterocycles. The Bertz CT molecular complexity index is 420.